The van der Waals surface area contributed by atoms with Crippen LogP contribution >= 0.6 is 0 Å². The van der Waals surface area contributed by atoms with Crippen molar-refractivity contribution >= 4 is 11.9 Å². The number of piperidine rings is 1. The predicted molar refractivity (Wildman–Crippen MR) is 71.7 cm³/mol. The average Bonchev–Trinajstić information content (AvgIpc) is 2.46. The minimum atomic E-state index is -0.808. The fourth-order valence-electron chi connectivity index (χ4n) is 3.11. The molecule has 1 aliphatic carbocycles. The molecule has 2 fully saturated rings. The summed E-state index contributed by atoms with van der Waals surface area (Å²) in [5.74, 6) is -0.802. The topological polar surface area (TPSA) is 78.4 Å². The zero-order valence-corrected chi connectivity index (χ0v) is 11.4. The molecule has 19 heavy (non-hydrogen) atoms. The Bertz CT molecular complexity index is 327. The molecule has 2 atom stereocenters. The Labute approximate surface area is 114 Å². The van der Waals surface area contributed by atoms with Gasteiger partial charge in [-0.2, -0.15) is 0 Å². The van der Waals surface area contributed by atoms with Gasteiger partial charge in [-0.15, -0.1) is 0 Å². The van der Waals surface area contributed by atoms with Gasteiger partial charge in [0.05, 0.1) is 11.8 Å². The van der Waals surface area contributed by atoms with E-state index in [4.69, 9.17) is 5.11 Å². The maximum Gasteiger partial charge on any atom is 0.307 e. The number of carboxylic acids is 1. The van der Waals surface area contributed by atoms with Crippen LogP contribution < -0.4 is 10.6 Å². The van der Waals surface area contributed by atoms with Gasteiger partial charge in [-0.3, -0.25) is 9.59 Å². The van der Waals surface area contributed by atoms with Crippen LogP contribution in [0.2, 0.25) is 0 Å². The SMILES string of the molecule is O=C(O)[C@H]1CNC[C@@H](C(=O)NCC2CCCCC2)C1. The molecule has 1 saturated heterocycles. The highest BCUT2D eigenvalue weighted by atomic mass is 16.4. The third-order valence-corrected chi connectivity index (χ3v) is 4.36. The van der Waals surface area contributed by atoms with Crippen molar-refractivity contribution in [3.05, 3.63) is 0 Å². The van der Waals surface area contributed by atoms with Crippen molar-refractivity contribution in [2.45, 2.75) is 38.5 Å². The van der Waals surface area contributed by atoms with Crippen LogP contribution in [0.4, 0.5) is 0 Å². The third kappa shape index (κ3) is 4.20. The standard InChI is InChI=1S/C14H24N2O3/c17-13(16-7-10-4-2-1-3-5-10)11-6-12(14(18)19)9-15-8-11/h10-12,15H,1-9H2,(H,16,17)(H,18,19)/t11-,12+/m0/s1. The zero-order valence-electron chi connectivity index (χ0n) is 11.4. The molecule has 5 nitrogen and oxygen atoms in total. The molecule has 2 rings (SSSR count). The first kappa shape index (κ1) is 14.3. The summed E-state index contributed by atoms with van der Waals surface area (Å²) in [4.78, 5) is 23.0. The number of nitrogens with one attached hydrogen (secondary N) is 2. The van der Waals surface area contributed by atoms with Crippen molar-refractivity contribution in [3.8, 4) is 0 Å². The fraction of sp³-hybridized carbons (Fsp3) is 0.857. The van der Waals surface area contributed by atoms with E-state index >= 15 is 0 Å². The zero-order chi connectivity index (χ0) is 13.7. The lowest BCUT2D eigenvalue weighted by atomic mass is 9.88. The minimum absolute atomic E-state index is 0.0176. The fourth-order valence-corrected chi connectivity index (χ4v) is 3.11. The van der Waals surface area contributed by atoms with E-state index in [-0.39, 0.29) is 11.8 Å². The van der Waals surface area contributed by atoms with Crippen molar-refractivity contribution in [2.24, 2.45) is 17.8 Å². The Kier molecular flexibility index (Phi) is 5.19. The molecule has 1 amide bonds. The lowest BCUT2D eigenvalue weighted by Gasteiger charge is -2.28. The maximum atomic E-state index is 12.1. The highest BCUT2D eigenvalue weighted by Gasteiger charge is 2.31. The first-order chi connectivity index (χ1) is 9.16. The number of carboxylic acid groups (broad SMARTS) is 1. The minimum Gasteiger partial charge on any atom is -0.481 e. The molecule has 108 valence electrons. The summed E-state index contributed by atoms with van der Waals surface area (Å²) in [5, 5.41) is 15.1. The molecule has 1 heterocycles. The molecular formula is C14H24N2O3. The summed E-state index contributed by atoms with van der Waals surface area (Å²) in [6, 6.07) is 0. The van der Waals surface area contributed by atoms with Gasteiger partial charge >= 0.3 is 5.97 Å². The van der Waals surface area contributed by atoms with Gasteiger partial charge < -0.3 is 15.7 Å². The molecule has 0 aromatic rings. The summed E-state index contributed by atoms with van der Waals surface area (Å²) >= 11 is 0. The molecule has 0 aromatic heterocycles. The first-order valence-electron chi connectivity index (χ1n) is 7.38. The van der Waals surface area contributed by atoms with Crippen LogP contribution in [0.15, 0.2) is 0 Å². The normalized spacial score (nSPS) is 28.8. The lowest BCUT2D eigenvalue weighted by molar-refractivity contribution is -0.143. The number of carbonyl (C=O) groups excluding carboxylic acids is 1. The van der Waals surface area contributed by atoms with Crippen molar-refractivity contribution in [2.75, 3.05) is 19.6 Å². The second-order valence-electron chi connectivity index (χ2n) is 5.88. The van der Waals surface area contributed by atoms with E-state index < -0.39 is 11.9 Å². The number of hydrogen-bond acceptors (Lipinski definition) is 3. The number of amides is 1. The third-order valence-electron chi connectivity index (χ3n) is 4.36. The largest absolute Gasteiger partial charge is 0.481 e. The van der Waals surface area contributed by atoms with Crippen LogP contribution in [0.5, 0.6) is 0 Å². The monoisotopic (exact) mass is 268 g/mol. The summed E-state index contributed by atoms with van der Waals surface area (Å²) in [7, 11) is 0. The van der Waals surface area contributed by atoms with Crippen LogP contribution in [0.25, 0.3) is 0 Å². The lowest BCUT2D eigenvalue weighted by Crippen LogP contribution is -2.46. The van der Waals surface area contributed by atoms with Gasteiger partial charge in [-0.25, -0.2) is 0 Å². The molecule has 0 spiro atoms. The van der Waals surface area contributed by atoms with E-state index in [1.54, 1.807) is 0 Å². The van der Waals surface area contributed by atoms with Crippen molar-refractivity contribution in [1.29, 1.82) is 0 Å². The van der Waals surface area contributed by atoms with Crippen LogP contribution in [0.3, 0.4) is 0 Å². The van der Waals surface area contributed by atoms with Crippen molar-refractivity contribution < 1.29 is 14.7 Å². The highest BCUT2D eigenvalue weighted by Crippen LogP contribution is 2.23. The van der Waals surface area contributed by atoms with Gasteiger partial charge in [-0.05, 0) is 25.2 Å². The molecule has 0 radical (unpaired) electrons. The van der Waals surface area contributed by atoms with E-state index in [0.29, 0.717) is 25.4 Å². The molecule has 1 saturated carbocycles. The Hall–Kier alpha value is -1.10. The van der Waals surface area contributed by atoms with Crippen LogP contribution in [-0.2, 0) is 9.59 Å². The quantitative estimate of drug-likeness (QED) is 0.710. The van der Waals surface area contributed by atoms with E-state index in [9.17, 15) is 9.59 Å². The van der Waals surface area contributed by atoms with Crippen molar-refractivity contribution in [1.82, 2.24) is 10.6 Å². The second-order valence-corrected chi connectivity index (χ2v) is 5.88. The van der Waals surface area contributed by atoms with Gasteiger partial charge in [0, 0.05) is 19.6 Å². The Morgan fingerprint density at radius 3 is 2.47 bits per heavy atom. The van der Waals surface area contributed by atoms with Gasteiger partial charge in [-0.1, -0.05) is 19.3 Å². The summed E-state index contributed by atoms with van der Waals surface area (Å²) < 4.78 is 0. The van der Waals surface area contributed by atoms with E-state index in [2.05, 4.69) is 10.6 Å². The molecule has 2 aliphatic rings. The van der Waals surface area contributed by atoms with Crippen LogP contribution in [-0.4, -0.2) is 36.6 Å². The van der Waals surface area contributed by atoms with Crippen molar-refractivity contribution in [3.63, 3.8) is 0 Å². The van der Waals surface area contributed by atoms with E-state index in [0.717, 1.165) is 6.54 Å². The predicted octanol–water partition coefficient (Wildman–Crippen LogP) is 0.993. The average molecular weight is 268 g/mol. The van der Waals surface area contributed by atoms with E-state index in [1.807, 2.05) is 0 Å². The molecule has 0 aromatic carbocycles. The first-order valence-corrected chi connectivity index (χ1v) is 7.38. The Morgan fingerprint density at radius 1 is 1.11 bits per heavy atom. The maximum absolute atomic E-state index is 12.1. The summed E-state index contributed by atoms with van der Waals surface area (Å²) in [6.45, 7) is 1.83. The van der Waals surface area contributed by atoms with Gasteiger partial charge in [0.2, 0.25) is 5.91 Å². The Balaban J connectivity index is 1.74. The second kappa shape index (κ2) is 6.89. The summed E-state index contributed by atoms with van der Waals surface area (Å²) in [5.41, 5.74) is 0. The number of carbonyl (C=O) groups is 2. The van der Waals surface area contributed by atoms with Crippen LogP contribution in [0.1, 0.15) is 38.5 Å². The van der Waals surface area contributed by atoms with E-state index in [1.165, 1.54) is 32.1 Å². The summed E-state index contributed by atoms with van der Waals surface area (Å²) in [6.07, 6.45) is 6.73. The van der Waals surface area contributed by atoms with Gasteiger partial charge in [0.25, 0.3) is 0 Å². The molecular weight excluding hydrogens is 244 g/mol. The number of aliphatic carboxylic acids is 1. The van der Waals surface area contributed by atoms with Gasteiger partial charge in [0.15, 0.2) is 0 Å². The van der Waals surface area contributed by atoms with Crippen LogP contribution in [0, 0.1) is 17.8 Å². The highest BCUT2D eigenvalue weighted by molar-refractivity contribution is 5.80. The smallest absolute Gasteiger partial charge is 0.307 e. The molecule has 1 aliphatic heterocycles. The molecule has 5 heteroatoms. The number of rotatable bonds is 4. The molecule has 0 unspecified atom stereocenters. The number of hydrogen-bond donors (Lipinski definition) is 3. The molecule has 0 bridgehead atoms. The Morgan fingerprint density at radius 2 is 1.79 bits per heavy atom. The van der Waals surface area contributed by atoms with Gasteiger partial charge in [0.1, 0.15) is 0 Å². The molecule has 3 N–H and O–H groups in total.